The summed E-state index contributed by atoms with van der Waals surface area (Å²) in [6.07, 6.45) is 1.63. The number of rotatable bonds is 4. The third-order valence-corrected chi connectivity index (χ3v) is 5.30. The van der Waals surface area contributed by atoms with Crippen LogP contribution in [0.25, 0.3) is 16.7 Å². The van der Waals surface area contributed by atoms with Crippen LogP contribution < -0.4 is 11.0 Å². The molecule has 0 atom stereocenters. The molecule has 0 aliphatic carbocycles. The van der Waals surface area contributed by atoms with Gasteiger partial charge in [0, 0.05) is 30.4 Å². The molecular weight excluding hydrogens is 430 g/mol. The number of nitrogens with zero attached hydrogens (tertiary/aromatic N) is 5. The maximum atomic E-state index is 13.2. The van der Waals surface area contributed by atoms with Crippen molar-refractivity contribution in [2.75, 3.05) is 13.7 Å². The van der Waals surface area contributed by atoms with Gasteiger partial charge in [0.2, 0.25) is 0 Å². The van der Waals surface area contributed by atoms with Crippen LogP contribution in [0.15, 0.2) is 58.4 Å². The first-order chi connectivity index (χ1) is 15.4. The van der Waals surface area contributed by atoms with Crippen LogP contribution in [0.5, 0.6) is 0 Å². The van der Waals surface area contributed by atoms with E-state index in [-0.39, 0.29) is 35.1 Å². The molecule has 4 rings (SSSR count). The Morgan fingerprint density at radius 3 is 2.69 bits per heavy atom. The number of halogens is 1. The second-order valence-corrected chi connectivity index (χ2v) is 7.54. The standard InChI is InChI=1S/C23H18ClN5O3/c1-14-4-3-9-29-19(14)26-21-18(23(29)31)12-16(13-25)20(28(21)10-11-32-2)27-22(30)15-5-7-17(24)8-6-15/h3-9,12H,10-11H2,1-2H3. The predicted octanol–water partition coefficient (Wildman–Crippen LogP) is 2.87. The van der Waals surface area contributed by atoms with Gasteiger partial charge >= 0.3 is 0 Å². The summed E-state index contributed by atoms with van der Waals surface area (Å²) in [6.45, 7) is 2.36. The summed E-state index contributed by atoms with van der Waals surface area (Å²) in [7, 11) is 1.54. The van der Waals surface area contributed by atoms with Crippen molar-refractivity contribution in [2.45, 2.75) is 13.5 Å². The van der Waals surface area contributed by atoms with Gasteiger partial charge < -0.3 is 9.30 Å². The van der Waals surface area contributed by atoms with Crippen LogP contribution in [-0.4, -0.2) is 33.6 Å². The zero-order chi connectivity index (χ0) is 22.8. The lowest BCUT2D eigenvalue weighted by Crippen LogP contribution is -2.30. The first-order valence-electron chi connectivity index (χ1n) is 9.74. The molecule has 0 unspecified atom stereocenters. The zero-order valence-electron chi connectivity index (χ0n) is 17.4. The quantitative estimate of drug-likeness (QED) is 0.447. The second kappa shape index (κ2) is 8.75. The van der Waals surface area contributed by atoms with Crippen molar-refractivity contribution in [2.24, 2.45) is 4.99 Å². The number of carbonyl (C=O) groups is 1. The second-order valence-electron chi connectivity index (χ2n) is 7.10. The molecule has 8 nitrogen and oxygen atoms in total. The normalized spacial score (nSPS) is 11.8. The van der Waals surface area contributed by atoms with Gasteiger partial charge in [0.15, 0.2) is 5.49 Å². The van der Waals surface area contributed by atoms with E-state index >= 15 is 0 Å². The number of ether oxygens (including phenoxy) is 1. The Hall–Kier alpha value is -3.80. The SMILES string of the molecule is COCCn1c(=NC(=O)c2ccc(Cl)cc2)c(C#N)cc2c(=O)n3cccc(C)c3nc21. The van der Waals surface area contributed by atoms with E-state index in [9.17, 15) is 14.9 Å². The number of nitriles is 1. The molecule has 0 bridgehead atoms. The number of carbonyl (C=O) groups excluding carboxylic acids is 1. The van der Waals surface area contributed by atoms with E-state index < -0.39 is 5.91 Å². The Morgan fingerprint density at radius 1 is 1.25 bits per heavy atom. The Labute approximate surface area is 187 Å². The molecule has 0 fully saturated rings. The number of hydrogen-bond acceptors (Lipinski definition) is 5. The van der Waals surface area contributed by atoms with Crippen LogP contribution in [0, 0.1) is 18.3 Å². The number of aryl methyl sites for hydroxylation is 1. The number of fused-ring (bicyclic) bond motifs is 2. The predicted molar refractivity (Wildman–Crippen MR) is 120 cm³/mol. The van der Waals surface area contributed by atoms with E-state index in [2.05, 4.69) is 11.1 Å². The molecule has 0 radical (unpaired) electrons. The molecular formula is C23H18ClN5O3. The Morgan fingerprint density at radius 2 is 2.00 bits per heavy atom. The third-order valence-electron chi connectivity index (χ3n) is 5.04. The zero-order valence-corrected chi connectivity index (χ0v) is 18.1. The van der Waals surface area contributed by atoms with Gasteiger partial charge in [0.25, 0.3) is 11.5 Å². The molecule has 0 spiro atoms. The number of amides is 1. The fraction of sp³-hybridized carbons (Fsp3) is 0.174. The van der Waals surface area contributed by atoms with Gasteiger partial charge in [-0.2, -0.15) is 10.3 Å². The van der Waals surface area contributed by atoms with Gasteiger partial charge in [-0.25, -0.2) is 4.98 Å². The molecule has 0 saturated carbocycles. The van der Waals surface area contributed by atoms with Gasteiger partial charge in [-0.1, -0.05) is 17.7 Å². The lowest BCUT2D eigenvalue weighted by atomic mass is 10.2. The van der Waals surface area contributed by atoms with Gasteiger partial charge in [-0.15, -0.1) is 0 Å². The Balaban J connectivity index is 2.09. The minimum atomic E-state index is -0.544. The van der Waals surface area contributed by atoms with Gasteiger partial charge in [-0.3, -0.25) is 14.0 Å². The molecule has 0 aliphatic rings. The number of aromatic nitrogens is 3. The summed E-state index contributed by atoms with van der Waals surface area (Å²) >= 11 is 5.90. The largest absolute Gasteiger partial charge is 0.383 e. The maximum Gasteiger partial charge on any atom is 0.278 e. The highest BCUT2D eigenvalue weighted by Crippen LogP contribution is 2.14. The van der Waals surface area contributed by atoms with E-state index in [0.717, 1.165) is 5.56 Å². The van der Waals surface area contributed by atoms with Gasteiger partial charge in [-0.05, 0) is 48.9 Å². The van der Waals surface area contributed by atoms with Crippen LogP contribution in [0.3, 0.4) is 0 Å². The third kappa shape index (κ3) is 3.80. The first-order valence-corrected chi connectivity index (χ1v) is 10.1. The molecule has 4 aromatic rings. The number of benzene rings is 1. The van der Waals surface area contributed by atoms with Crippen molar-refractivity contribution in [3.8, 4) is 6.07 Å². The molecule has 3 heterocycles. The molecule has 3 aromatic heterocycles. The van der Waals surface area contributed by atoms with E-state index in [4.69, 9.17) is 21.3 Å². The van der Waals surface area contributed by atoms with Crippen LogP contribution in [0.4, 0.5) is 0 Å². The van der Waals surface area contributed by atoms with Crippen molar-refractivity contribution < 1.29 is 9.53 Å². The summed E-state index contributed by atoms with van der Waals surface area (Å²) in [5.41, 5.74) is 1.82. The van der Waals surface area contributed by atoms with E-state index in [1.165, 1.54) is 17.6 Å². The molecule has 1 aromatic carbocycles. The van der Waals surface area contributed by atoms with E-state index in [1.807, 2.05) is 13.0 Å². The Bertz CT molecular complexity index is 1530. The monoisotopic (exact) mass is 447 g/mol. The number of hydrogen-bond donors (Lipinski definition) is 0. The molecule has 0 saturated heterocycles. The van der Waals surface area contributed by atoms with Crippen molar-refractivity contribution in [1.82, 2.24) is 14.0 Å². The minimum Gasteiger partial charge on any atom is -0.383 e. The van der Waals surface area contributed by atoms with Gasteiger partial charge in [0.05, 0.1) is 17.6 Å². The lowest BCUT2D eigenvalue weighted by molar-refractivity contribution is 0.0996. The summed E-state index contributed by atoms with van der Waals surface area (Å²) in [6, 6.07) is 13.4. The maximum absolute atomic E-state index is 13.2. The smallest absolute Gasteiger partial charge is 0.278 e. The fourth-order valence-electron chi connectivity index (χ4n) is 3.44. The summed E-state index contributed by atoms with van der Waals surface area (Å²) < 4.78 is 8.23. The van der Waals surface area contributed by atoms with Gasteiger partial charge in [0.1, 0.15) is 17.4 Å². The van der Waals surface area contributed by atoms with E-state index in [0.29, 0.717) is 21.9 Å². The summed E-state index contributed by atoms with van der Waals surface area (Å²) in [4.78, 5) is 34.9. The fourth-order valence-corrected chi connectivity index (χ4v) is 3.56. The molecule has 32 heavy (non-hydrogen) atoms. The van der Waals surface area contributed by atoms with Crippen LogP contribution in [0.2, 0.25) is 5.02 Å². The highest BCUT2D eigenvalue weighted by atomic mass is 35.5. The van der Waals surface area contributed by atoms with E-state index in [1.54, 1.807) is 41.1 Å². The Kier molecular flexibility index (Phi) is 5.86. The number of methoxy groups -OCH3 is 1. The van der Waals surface area contributed by atoms with Crippen LogP contribution in [0.1, 0.15) is 21.5 Å². The lowest BCUT2D eigenvalue weighted by Gasteiger charge is -2.13. The van der Waals surface area contributed by atoms with Crippen molar-refractivity contribution in [1.29, 1.82) is 5.26 Å². The highest BCUT2D eigenvalue weighted by Gasteiger charge is 2.16. The van der Waals surface area contributed by atoms with Crippen molar-refractivity contribution >= 4 is 34.2 Å². The average molecular weight is 448 g/mol. The van der Waals surface area contributed by atoms with Crippen molar-refractivity contribution in [3.63, 3.8) is 0 Å². The summed E-state index contributed by atoms with van der Waals surface area (Å²) in [5.74, 6) is -0.544. The molecule has 1 amide bonds. The first kappa shape index (κ1) is 21.4. The highest BCUT2D eigenvalue weighted by molar-refractivity contribution is 6.30. The topological polar surface area (TPSA) is 102 Å². The molecule has 160 valence electrons. The summed E-state index contributed by atoms with van der Waals surface area (Å²) in [5, 5.41) is 10.5. The molecule has 0 aliphatic heterocycles. The number of pyridine rings is 2. The molecule has 9 heteroatoms. The molecule has 0 N–H and O–H groups in total. The van der Waals surface area contributed by atoms with Crippen molar-refractivity contribution in [3.05, 3.63) is 86.2 Å². The average Bonchev–Trinajstić information content (AvgIpc) is 2.79. The van der Waals surface area contributed by atoms with Crippen LogP contribution in [-0.2, 0) is 11.3 Å². The minimum absolute atomic E-state index is 0.0856. The van der Waals surface area contributed by atoms with Crippen LogP contribution >= 0.6 is 11.6 Å².